The summed E-state index contributed by atoms with van der Waals surface area (Å²) in [6.45, 7) is 6.40. The summed E-state index contributed by atoms with van der Waals surface area (Å²) in [5, 5.41) is 17.8. The maximum atomic E-state index is 12.9. The van der Waals surface area contributed by atoms with Crippen LogP contribution in [0.25, 0.3) is 0 Å². The maximum absolute atomic E-state index is 12.9. The molecule has 0 heterocycles. The highest BCUT2D eigenvalue weighted by atomic mass is 16.5. The molecule has 3 saturated carbocycles. The fourth-order valence-corrected chi connectivity index (χ4v) is 6.25. The van der Waals surface area contributed by atoms with Crippen LogP contribution in [0.3, 0.4) is 0 Å². The third-order valence-corrected chi connectivity index (χ3v) is 8.54. The van der Waals surface area contributed by atoms with E-state index in [0.717, 1.165) is 44.3 Å². The Morgan fingerprint density at radius 1 is 1.09 bits per heavy atom. The fourth-order valence-electron chi connectivity index (χ4n) is 6.25. The molecule has 2 amide bonds. The molecule has 3 aliphatic carbocycles. The molecule has 3 fully saturated rings. The van der Waals surface area contributed by atoms with Gasteiger partial charge in [-0.15, -0.1) is 0 Å². The van der Waals surface area contributed by atoms with E-state index < -0.39 is 6.10 Å². The van der Waals surface area contributed by atoms with E-state index in [-0.39, 0.29) is 46.9 Å². The van der Waals surface area contributed by atoms with E-state index >= 15 is 0 Å². The predicted molar refractivity (Wildman–Crippen MR) is 123 cm³/mol. The van der Waals surface area contributed by atoms with E-state index in [1.165, 1.54) is 0 Å². The molecule has 7 unspecified atom stereocenters. The van der Waals surface area contributed by atoms with Crippen LogP contribution >= 0.6 is 0 Å². The largest absolute Gasteiger partial charge is 0.497 e. The van der Waals surface area contributed by atoms with E-state index in [1.54, 1.807) is 31.4 Å². The van der Waals surface area contributed by atoms with Gasteiger partial charge in [-0.05, 0) is 86.0 Å². The van der Waals surface area contributed by atoms with Gasteiger partial charge in [-0.2, -0.15) is 0 Å². The SMILES string of the molecule is COc1ccc(C(=O)NC2CCC3(C)CCC(C(C)C(=O)NC4CC4)C(O)C3C2C)cc1. The van der Waals surface area contributed by atoms with Crippen LogP contribution in [0.4, 0.5) is 0 Å². The summed E-state index contributed by atoms with van der Waals surface area (Å²) in [6, 6.07) is 7.47. The molecular formula is C26H38N2O4. The number of rotatable bonds is 6. The van der Waals surface area contributed by atoms with Crippen molar-refractivity contribution in [1.29, 1.82) is 0 Å². The summed E-state index contributed by atoms with van der Waals surface area (Å²) >= 11 is 0. The molecule has 0 saturated heterocycles. The normalized spacial score (nSPS) is 35.3. The fraction of sp³-hybridized carbons (Fsp3) is 0.692. The van der Waals surface area contributed by atoms with Crippen LogP contribution in [0.1, 0.15) is 69.7 Å². The van der Waals surface area contributed by atoms with Gasteiger partial charge in [-0.25, -0.2) is 0 Å². The Morgan fingerprint density at radius 2 is 1.75 bits per heavy atom. The zero-order valence-corrected chi connectivity index (χ0v) is 19.8. The number of aliphatic hydroxyl groups is 1. The lowest BCUT2D eigenvalue weighted by Crippen LogP contribution is -2.58. The average Bonchev–Trinajstić information content (AvgIpc) is 3.59. The van der Waals surface area contributed by atoms with Gasteiger partial charge in [0.05, 0.1) is 13.2 Å². The molecule has 3 aliphatic rings. The van der Waals surface area contributed by atoms with Crippen molar-refractivity contribution < 1.29 is 19.4 Å². The summed E-state index contributed by atoms with van der Waals surface area (Å²) in [5.41, 5.74) is 0.655. The van der Waals surface area contributed by atoms with Gasteiger partial charge in [-0.3, -0.25) is 9.59 Å². The van der Waals surface area contributed by atoms with Crippen molar-refractivity contribution in [3.63, 3.8) is 0 Å². The molecule has 0 spiro atoms. The number of nitrogens with one attached hydrogen (secondary N) is 2. The first kappa shape index (κ1) is 23.1. The highest BCUT2D eigenvalue weighted by Gasteiger charge is 2.54. The molecule has 0 aliphatic heterocycles. The van der Waals surface area contributed by atoms with Gasteiger partial charge in [0.1, 0.15) is 5.75 Å². The molecule has 176 valence electrons. The summed E-state index contributed by atoms with van der Waals surface area (Å²) in [7, 11) is 1.61. The standard InChI is InChI=1S/C26H38N2O4/c1-15(24(30)27-18-7-8-18)20-11-13-26(3)14-12-21(16(2)22(26)23(20)29)28-25(31)17-5-9-19(32-4)10-6-17/h5-6,9-10,15-16,18,20-23,29H,7-8,11-14H2,1-4H3,(H,27,30)(H,28,31). The molecule has 4 rings (SSSR count). The molecular weight excluding hydrogens is 404 g/mol. The smallest absolute Gasteiger partial charge is 0.251 e. The van der Waals surface area contributed by atoms with E-state index in [0.29, 0.717) is 11.6 Å². The van der Waals surface area contributed by atoms with E-state index in [1.807, 2.05) is 6.92 Å². The van der Waals surface area contributed by atoms with Crippen LogP contribution in [0, 0.1) is 29.1 Å². The molecule has 3 N–H and O–H groups in total. The number of aliphatic hydroxyl groups excluding tert-OH is 1. The monoisotopic (exact) mass is 442 g/mol. The van der Waals surface area contributed by atoms with Crippen LogP contribution in [0.15, 0.2) is 24.3 Å². The van der Waals surface area contributed by atoms with Gasteiger partial charge in [0, 0.05) is 23.6 Å². The molecule has 1 aromatic carbocycles. The van der Waals surface area contributed by atoms with Gasteiger partial charge in [-0.1, -0.05) is 20.8 Å². The van der Waals surface area contributed by atoms with Crippen molar-refractivity contribution in [2.75, 3.05) is 7.11 Å². The Morgan fingerprint density at radius 3 is 2.38 bits per heavy atom. The quantitative estimate of drug-likeness (QED) is 0.629. The van der Waals surface area contributed by atoms with Crippen molar-refractivity contribution in [2.24, 2.45) is 29.1 Å². The Hall–Kier alpha value is -2.08. The molecule has 32 heavy (non-hydrogen) atoms. The summed E-state index contributed by atoms with van der Waals surface area (Å²) < 4.78 is 5.18. The van der Waals surface area contributed by atoms with Crippen LogP contribution in [-0.2, 0) is 4.79 Å². The predicted octanol–water partition coefficient (Wildman–Crippen LogP) is 3.53. The number of hydrogen-bond acceptors (Lipinski definition) is 4. The molecule has 6 heteroatoms. The van der Waals surface area contributed by atoms with Crippen LogP contribution in [0.5, 0.6) is 5.75 Å². The highest BCUT2D eigenvalue weighted by molar-refractivity contribution is 5.94. The minimum atomic E-state index is -0.538. The Bertz CT molecular complexity index is 837. The van der Waals surface area contributed by atoms with Gasteiger partial charge in [0.15, 0.2) is 0 Å². The van der Waals surface area contributed by atoms with Crippen molar-refractivity contribution in [3.05, 3.63) is 29.8 Å². The summed E-state index contributed by atoms with van der Waals surface area (Å²) in [6.07, 6.45) is 5.38. The van der Waals surface area contributed by atoms with E-state index in [2.05, 4.69) is 24.5 Å². The third kappa shape index (κ3) is 4.52. The number of carbonyl (C=O) groups excluding carboxylic acids is 2. The first-order chi connectivity index (χ1) is 15.2. The van der Waals surface area contributed by atoms with Crippen molar-refractivity contribution >= 4 is 11.8 Å². The second-order valence-electron chi connectivity index (χ2n) is 10.7. The lowest BCUT2D eigenvalue weighted by molar-refractivity contribution is -0.142. The van der Waals surface area contributed by atoms with Gasteiger partial charge in [0.2, 0.25) is 5.91 Å². The number of fused-ring (bicyclic) bond motifs is 1. The first-order valence-corrected chi connectivity index (χ1v) is 12.2. The average molecular weight is 443 g/mol. The number of hydrogen-bond donors (Lipinski definition) is 3. The summed E-state index contributed by atoms with van der Waals surface area (Å²) in [5.74, 6) is 0.668. The van der Waals surface area contributed by atoms with Gasteiger partial charge >= 0.3 is 0 Å². The zero-order chi connectivity index (χ0) is 23.0. The minimum absolute atomic E-state index is 0.00618. The first-order valence-electron chi connectivity index (χ1n) is 12.2. The molecule has 0 radical (unpaired) electrons. The van der Waals surface area contributed by atoms with Gasteiger partial charge in [0.25, 0.3) is 5.91 Å². The second-order valence-corrected chi connectivity index (χ2v) is 10.7. The third-order valence-electron chi connectivity index (χ3n) is 8.54. The Labute approximate surface area is 191 Å². The van der Waals surface area contributed by atoms with Crippen molar-refractivity contribution in [3.8, 4) is 5.75 Å². The minimum Gasteiger partial charge on any atom is -0.497 e. The molecule has 6 nitrogen and oxygen atoms in total. The number of amides is 2. The number of benzene rings is 1. The maximum Gasteiger partial charge on any atom is 0.251 e. The van der Waals surface area contributed by atoms with Crippen LogP contribution in [-0.4, -0.2) is 42.2 Å². The lowest BCUT2D eigenvalue weighted by atomic mass is 9.51. The van der Waals surface area contributed by atoms with Crippen molar-refractivity contribution in [1.82, 2.24) is 10.6 Å². The van der Waals surface area contributed by atoms with Crippen LogP contribution in [0.2, 0.25) is 0 Å². The van der Waals surface area contributed by atoms with Crippen molar-refractivity contribution in [2.45, 2.75) is 77.5 Å². The number of carbonyl (C=O) groups is 2. The summed E-state index contributed by atoms with van der Waals surface area (Å²) in [4.78, 5) is 25.6. The number of methoxy groups -OCH3 is 1. The Balaban J connectivity index is 1.45. The van der Waals surface area contributed by atoms with Crippen LogP contribution < -0.4 is 15.4 Å². The van der Waals surface area contributed by atoms with Gasteiger partial charge < -0.3 is 20.5 Å². The Kier molecular flexibility index (Phi) is 6.53. The van der Waals surface area contributed by atoms with E-state index in [9.17, 15) is 14.7 Å². The topological polar surface area (TPSA) is 87.7 Å². The molecule has 0 bridgehead atoms. The second kappa shape index (κ2) is 9.05. The van der Waals surface area contributed by atoms with E-state index in [4.69, 9.17) is 4.74 Å². The molecule has 0 aromatic heterocycles. The number of ether oxygens (including phenoxy) is 1. The highest BCUT2D eigenvalue weighted by Crippen LogP contribution is 2.55. The lowest BCUT2D eigenvalue weighted by Gasteiger charge is -2.56. The molecule has 1 aromatic rings. The molecule has 7 atom stereocenters. The zero-order valence-electron chi connectivity index (χ0n) is 19.8.